The van der Waals surface area contributed by atoms with Gasteiger partial charge in [-0.3, -0.25) is 9.89 Å². The van der Waals surface area contributed by atoms with E-state index < -0.39 is 0 Å². The summed E-state index contributed by atoms with van der Waals surface area (Å²) in [5.74, 6) is 0. The van der Waals surface area contributed by atoms with E-state index in [1.54, 1.807) is 0 Å². The van der Waals surface area contributed by atoms with Crippen molar-refractivity contribution in [2.45, 2.75) is 0 Å². The van der Waals surface area contributed by atoms with Crippen molar-refractivity contribution >= 4 is 6.21 Å². The summed E-state index contributed by atoms with van der Waals surface area (Å²) in [5.41, 5.74) is 0. The summed E-state index contributed by atoms with van der Waals surface area (Å²) in [6.07, 6.45) is 1.82. The Balaban J connectivity index is 2.32. The van der Waals surface area contributed by atoms with Crippen LogP contribution in [0.3, 0.4) is 0 Å². The largest absolute Gasteiger partial charge is 0.271 e. The molecule has 0 spiro atoms. The predicted molar refractivity (Wildman–Crippen MR) is 24.4 cm³/mol. The first-order valence-electron chi connectivity index (χ1n) is 1.88. The molecule has 1 aliphatic rings. The van der Waals surface area contributed by atoms with Gasteiger partial charge in [0.25, 0.3) is 0 Å². The smallest absolute Gasteiger partial charge is 0.198 e. The van der Waals surface area contributed by atoms with Crippen LogP contribution in [-0.2, 0) is 0 Å². The average molecular weight is 82.1 g/mol. The van der Waals surface area contributed by atoms with E-state index in [0.29, 0.717) is 0 Å². The lowest BCUT2D eigenvalue weighted by Gasteiger charge is -1.97. The maximum atomic E-state index is 3.72. The van der Waals surface area contributed by atoms with Gasteiger partial charge in [-0.2, -0.15) is 0 Å². The van der Waals surface area contributed by atoms with Crippen LogP contribution in [0.15, 0.2) is 4.99 Å². The molecule has 0 aromatic heterocycles. The standard InChI is InChI=1S/C4H6N2/c1-6-3-2-5-4-6/h2H,3H2,1H3. The van der Waals surface area contributed by atoms with Gasteiger partial charge in [-0.25, -0.2) is 0 Å². The molecule has 0 saturated heterocycles. The maximum absolute atomic E-state index is 3.72. The van der Waals surface area contributed by atoms with Crippen LogP contribution in [0.2, 0.25) is 0 Å². The van der Waals surface area contributed by atoms with Gasteiger partial charge in [0.15, 0.2) is 6.67 Å². The maximum Gasteiger partial charge on any atom is 0.198 e. The number of rotatable bonds is 0. The monoisotopic (exact) mass is 82.1 g/mol. The summed E-state index contributed by atoms with van der Waals surface area (Å²) in [5, 5.41) is 0. The SMILES string of the molecule is CN1[C]N=CC1. The summed E-state index contributed by atoms with van der Waals surface area (Å²) < 4.78 is 0. The van der Waals surface area contributed by atoms with Crippen molar-refractivity contribution in [3.8, 4) is 0 Å². The highest BCUT2D eigenvalue weighted by molar-refractivity contribution is 5.62. The van der Waals surface area contributed by atoms with E-state index >= 15 is 0 Å². The second kappa shape index (κ2) is 1.39. The first kappa shape index (κ1) is 3.81. The zero-order valence-electron chi connectivity index (χ0n) is 3.68. The Labute approximate surface area is 37.5 Å². The second-order valence-corrected chi connectivity index (χ2v) is 1.29. The van der Waals surface area contributed by atoms with Gasteiger partial charge in [0.2, 0.25) is 0 Å². The van der Waals surface area contributed by atoms with Gasteiger partial charge in [0, 0.05) is 12.8 Å². The number of hydrogen-bond acceptors (Lipinski definition) is 2. The van der Waals surface area contributed by atoms with Crippen LogP contribution in [0.25, 0.3) is 0 Å². The Hall–Kier alpha value is -0.370. The van der Waals surface area contributed by atoms with Crippen molar-refractivity contribution in [1.82, 2.24) is 4.90 Å². The van der Waals surface area contributed by atoms with Crippen LogP contribution in [0, 0.1) is 6.67 Å². The molecule has 2 radical (unpaired) electrons. The highest BCUT2D eigenvalue weighted by atomic mass is 15.2. The van der Waals surface area contributed by atoms with E-state index in [4.69, 9.17) is 0 Å². The summed E-state index contributed by atoms with van der Waals surface area (Å²) in [7, 11) is 1.94. The van der Waals surface area contributed by atoms with Gasteiger partial charge < -0.3 is 0 Å². The van der Waals surface area contributed by atoms with E-state index in [0.717, 1.165) is 6.54 Å². The van der Waals surface area contributed by atoms with Crippen molar-refractivity contribution in [2.24, 2.45) is 4.99 Å². The molecule has 0 aromatic carbocycles. The molecule has 0 aromatic rings. The summed E-state index contributed by atoms with van der Waals surface area (Å²) in [6, 6.07) is 0. The van der Waals surface area contributed by atoms with Gasteiger partial charge in [-0.15, -0.1) is 0 Å². The Morgan fingerprint density at radius 2 is 2.83 bits per heavy atom. The van der Waals surface area contributed by atoms with Crippen LogP contribution < -0.4 is 0 Å². The summed E-state index contributed by atoms with van der Waals surface area (Å²) >= 11 is 0. The molecule has 0 amide bonds. The fraction of sp³-hybridized carbons (Fsp3) is 0.500. The first-order valence-corrected chi connectivity index (χ1v) is 1.88. The Morgan fingerprint density at radius 1 is 2.00 bits per heavy atom. The van der Waals surface area contributed by atoms with Gasteiger partial charge in [0.1, 0.15) is 0 Å². The van der Waals surface area contributed by atoms with Crippen LogP contribution in [-0.4, -0.2) is 24.7 Å². The molecule has 32 valence electrons. The lowest BCUT2D eigenvalue weighted by molar-refractivity contribution is 0.489. The predicted octanol–water partition coefficient (Wildman–Crippen LogP) is -0.00111. The number of hydrogen-bond donors (Lipinski definition) is 0. The van der Waals surface area contributed by atoms with E-state index in [1.165, 1.54) is 0 Å². The van der Waals surface area contributed by atoms with Gasteiger partial charge in [-0.1, -0.05) is 0 Å². The molecule has 1 heterocycles. The van der Waals surface area contributed by atoms with Crippen molar-refractivity contribution in [2.75, 3.05) is 13.6 Å². The van der Waals surface area contributed by atoms with Gasteiger partial charge in [-0.05, 0) is 7.05 Å². The Kier molecular flexibility index (Phi) is 0.881. The van der Waals surface area contributed by atoms with E-state index in [1.807, 2.05) is 18.2 Å². The minimum Gasteiger partial charge on any atom is -0.271 e. The third-order valence-electron chi connectivity index (χ3n) is 0.675. The van der Waals surface area contributed by atoms with Gasteiger partial charge >= 0.3 is 0 Å². The molecule has 0 atom stereocenters. The zero-order chi connectivity index (χ0) is 4.41. The molecule has 1 rings (SSSR count). The Morgan fingerprint density at radius 3 is 3.00 bits per heavy atom. The van der Waals surface area contributed by atoms with E-state index in [2.05, 4.69) is 11.7 Å². The van der Waals surface area contributed by atoms with Crippen LogP contribution in [0.4, 0.5) is 0 Å². The molecular formula is C4H6N2. The fourth-order valence-electron chi connectivity index (χ4n) is 0.344. The van der Waals surface area contributed by atoms with Gasteiger partial charge in [0.05, 0.1) is 0 Å². The molecule has 0 bridgehead atoms. The zero-order valence-corrected chi connectivity index (χ0v) is 3.68. The molecule has 0 fully saturated rings. The molecule has 0 aliphatic carbocycles. The first-order chi connectivity index (χ1) is 2.89. The minimum atomic E-state index is 0.917. The third kappa shape index (κ3) is 0.571. The second-order valence-electron chi connectivity index (χ2n) is 1.29. The lowest BCUT2D eigenvalue weighted by atomic mass is 10.7. The molecule has 0 saturated carbocycles. The highest BCUT2D eigenvalue weighted by Crippen LogP contribution is 1.92. The Bertz CT molecular complexity index is 59.9. The third-order valence-corrected chi connectivity index (χ3v) is 0.675. The normalized spacial score (nSPS) is 22.8. The van der Waals surface area contributed by atoms with Crippen molar-refractivity contribution in [3.05, 3.63) is 6.67 Å². The van der Waals surface area contributed by atoms with Crippen LogP contribution >= 0.6 is 0 Å². The van der Waals surface area contributed by atoms with E-state index in [-0.39, 0.29) is 0 Å². The highest BCUT2D eigenvalue weighted by Gasteiger charge is 1.98. The quantitative estimate of drug-likeness (QED) is 0.401. The molecule has 0 N–H and O–H groups in total. The van der Waals surface area contributed by atoms with Crippen molar-refractivity contribution in [3.63, 3.8) is 0 Å². The average Bonchev–Trinajstić information content (AvgIpc) is 1.86. The summed E-state index contributed by atoms with van der Waals surface area (Å²) in [4.78, 5) is 5.60. The van der Waals surface area contributed by atoms with Crippen molar-refractivity contribution < 1.29 is 0 Å². The fourth-order valence-corrected chi connectivity index (χ4v) is 0.344. The van der Waals surface area contributed by atoms with Crippen molar-refractivity contribution in [1.29, 1.82) is 0 Å². The number of nitrogens with zero attached hydrogens (tertiary/aromatic N) is 2. The number of aliphatic imine (C=N–C) groups is 1. The molecule has 2 nitrogen and oxygen atoms in total. The minimum absolute atomic E-state index is 0.917. The molecule has 6 heavy (non-hydrogen) atoms. The van der Waals surface area contributed by atoms with Crippen LogP contribution in [0.5, 0.6) is 0 Å². The molecule has 1 aliphatic heterocycles. The van der Waals surface area contributed by atoms with Crippen LogP contribution in [0.1, 0.15) is 0 Å². The van der Waals surface area contributed by atoms with E-state index in [9.17, 15) is 0 Å². The lowest BCUT2D eigenvalue weighted by Crippen LogP contribution is -2.08. The molecule has 0 unspecified atom stereocenters. The summed E-state index contributed by atoms with van der Waals surface area (Å²) in [6.45, 7) is 3.64. The molecule has 2 heteroatoms. The molecular weight excluding hydrogens is 76.1 g/mol. The topological polar surface area (TPSA) is 15.6 Å².